The molecule has 0 spiro atoms. The minimum atomic E-state index is 0.509. The van der Waals surface area contributed by atoms with Gasteiger partial charge in [0.05, 0.1) is 0 Å². The van der Waals surface area contributed by atoms with Gasteiger partial charge in [-0.05, 0) is 56.3 Å². The topological polar surface area (TPSA) is 29.3 Å². The van der Waals surface area contributed by atoms with Crippen molar-refractivity contribution < 1.29 is 0 Å². The average Bonchev–Trinajstić information content (AvgIpc) is 2.81. The summed E-state index contributed by atoms with van der Waals surface area (Å²) in [4.78, 5) is 2.76. The van der Waals surface area contributed by atoms with Crippen molar-refractivity contribution in [3.05, 3.63) is 0 Å². The molecule has 2 nitrogen and oxygen atoms in total. The molecule has 3 aliphatic rings. The van der Waals surface area contributed by atoms with Crippen LogP contribution in [0.3, 0.4) is 0 Å². The minimum absolute atomic E-state index is 0.509. The molecule has 3 fully saturated rings. The van der Waals surface area contributed by atoms with E-state index < -0.39 is 0 Å². The maximum atomic E-state index is 5.97. The lowest BCUT2D eigenvalue weighted by molar-refractivity contribution is 0.213. The molecule has 0 aromatic carbocycles. The van der Waals surface area contributed by atoms with Gasteiger partial charge in [-0.1, -0.05) is 6.42 Å². The number of rotatable bonds is 2. The third kappa shape index (κ3) is 2.28. The Morgan fingerprint density at radius 3 is 2.12 bits per heavy atom. The molecular formula is C14H26N2. The monoisotopic (exact) mass is 222 g/mol. The fraction of sp³-hybridized carbons (Fsp3) is 1.00. The number of nitrogens with zero attached hydrogens (tertiary/aromatic N) is 1. The van der Waals surface area contributed by atoms with Crippen LogP contribution in [0.4, 0.5) is 0 Å². The SMILES string of the molecule is NC1CCC(CN2CC3CCCC3C2)CC1. The van der Waals surface area contributed by atoms with Crippen molar-refractivity contribution in [3.63, 3.8) is 0 Å². The van der Waals surface area contributed by atoms with Crippen molar-refractivity contribution >= 4 is 0 Å². The highest BCUT2D eigenvalue weighted by molar-refractivity contribution is 4.89. The molecule has 0 amide bonds. The first-order valence-corrected chi connectivity index (χ1v) is 7.29. The van der Waals surface area contributed by atoms with E-state index in [1.807, 2.05) is 0 Å². The Balaban J connectivity index is 1.46. The molecule has 0 aromatic rings. The molecule has 1 heterocycles. The number of hydrogen-bond acceptors (Lipinski definition) is 2. The van der Waals surface area contributed by atoms with Crippen molar-refractivity contribution in [3.8, 4) is 0 Å². The second kappa shape index (κ2) is 4.66. The Kier molecular flexibility index (Phi) is 3.21. The van der Waals surface area contributed by atoms with Crippen molar-refractivity contribution in [2.75, 3.05) is 19.6 Å². The van der Waals surface area contributed by atoms with Crippen LogP contribution in [0.2, 0.25) is 0 Å². The Bertz CT molecular complexity index is 221. The van der Waals surface area contributed by atoms with Crippen LogP contribution in [0.25, 0.3) is 0 Å². The Morgan fingerprint density at radius 2 is 1.50 bits per heavy atom. The van der Waals surface area contributed by atoms with E-state index in [9.17, 15) is 0 Å². The Morgan fingerprint density at radius 1 is 0.875 bits per heavy atom. The van der Waals surface area contributed by atoms with Crippen LogP contribution in [-0.4, -0.2) is 30.6 Å². The van der Waals surface area contributed by atoms with Crippen LogP contribution in [0.5, 0.6) is 0 Å². The van der Waals surface area contributed by atoms with Crippen LogP contribution < -0.4 is 5.73 Å². The molecule has 0 aromatic heterocycles. The third-order valence-electron chi connectivity index (χ3n) is 5.21. The van der Waals surface area contributed by atoms with Crippen LogP contribution in [0.15, 0.2) is 0 Å². The number of nitrogens with two attached hydrogens (primary N) is 1. The molecule has 2 saturated carbocycles. The van der Waals surface area contributed by atoms with Gasteiger partial charge >= 0.3 is 0 Å². The number of hydrogen-bond donors (Lipinski definition) is 1. The van der Waals surface area contributed by atoms with Crippen molar-refractivity contribution in [1.82, 2.24) is 4.90 Å². The smallest absolute Gasteiger partial charge is 0.00390 e. The predicted octanol–water partition coefficient (Wildman–Crippen LogP) is 2.24. The number of fused-ring (bicyclic) bond motifs is 1. The standard InChI is InChI=1S/C14H26N2/c15-14-6-4-11(5-7-14)8-16-9-12-2-1-3-13(12)10-16/h11-14H,1-10,15H2. The molecule has 2 aliphatic carbocycles. The zero-order valence-corrected chi connectivity index (χ0v) is 10.4. The Hall–Kier alpha value is -0.0800. The molecule has 2 atom stereocenters. The maximum Gasteiger partial charge on any atom is 0.00390 e. The van der Waals surface area contributed by atoms with Crippen LogP contribution >= 0.6 is 0 Å². The molecule has 0 radical (unpaired) electrons. The first-order valence-electron chi connectivity index (χ1n) is 7.29. The summed E-state index contributed by atoms with van der Waals surface area (Å²) < 4.78 is 0. The van der Waals surface area contributed by atoms with Gasteiger partial charge in [0.1, 0.15) is 0 Å². The van der Waals surface area contributed by atoms with Crippen LogP contribution in [0, 0.1) is 17.8 Å². The highest BCUT2D eigenvalue weighted by Crippen LogP contribution is 2.38. The molecule has 1 aliphatic heterocycles. The zero-order chi connectivity index (χ0) is 11.0. The normalized spacial score (nSPS) is 44.8. The predicted molar refractivity (Wildman–Crippen MR) is 67.2 cm³/mol. The molecule has 2 heteroatoms. The van der Waals surface area contributed by atoms with E-state index >= 15 is 0 Å². The van der Waals surface area contributed by atoms with E-state index in [2.05, 4.69) is 4.90 Å². The van der Waals surface area contributed by atoms with Gasteiger partial charge in [-0.2, -0.15) is 0 Å². The first kappa shape index (κ1) is 11.0. The highest BCUT2D eigenvalue weighted by Gasteiger charge is 2.36. The van der Waals surface area contributed by atoms with Gasteiger partial charge in [0.25, 0.3) is 0 Å². The third-order valence-corrected chi connectivity index (χ3v) is 5.21. The quantitative estimate of drug-likeness (QED) is 0.776. The Labute approximate surface area is 99.6 Å². The molecule has 16 heavy (non-hydrogen) atoms. The fourth-order valence-electron chi connectivity index (χ4n) is 4.22. The van der Waals surface area contributed by atoms with Gasteiger partial charge in [0.15, 0.2) is 0 Å². The van der Waals surface area contributed by atoms with Crippen LogP contribution in [0.1, 0.15) is 44.9 Å². The van der Waals surface area contributed by atoms with Crippen molar-refractivity contribution in [2.24, 2.45) is 23.5 Å². The molecular weight excluding hydrogens is 196 g/mol. The molecule has 2 unspecified atom stereocenters. The van der Waals surface area contributed by atoms with Gasteiger partial charge in [0.2, 0.25) is 0 Å². The maximum absolute atomic E-state index is 5.97. The summed E-state index contributed by atoms with van der Waals surface area (Å²) in [6.07, 6.45) is 9.82. The van der Waals surface area contributed by atoms with E-state index in [-0.39, 0.29) is 0 Å². The van der Waals surface area contributed by atoms with Crippen molar-refractivity contribution in [2.45, 2.75) is 51.0 Å². The van der Waals surface area contributed by atoms with Gasteiger partial charge < -0.3 is 10.6 Å². The summed E-state index contributed by atoms with van der Waals surface area (Å²) in [5.74, 6) is 3.08. The largest absolute Gasteiger partial charge is 0.328 e. The van der Waals surface area contributed by atoms with E-state index in [4.69, 9.17) is 5.73 Å². The van der Waals surface area contributed by atoms with Gasteiger partial charge in [-0.25, -0.2) is 0 Å². The first-order chi connectivity index (χ1) is 7.81. The summed E-state index contributed by atoms with van der Waals surface area (Å²) in [7, 11) is 0. The summed E-state index contributed by atoms with van der Waals surface area (Å²) in [5, 5.41) is 0. The zero-order valence-electron chi connectivity index (χ0n) is 10.4. The molecule has 92 valence electrons. The molecule has 1 saturated heterocycles. The summed E-state index contributed by atoms with van der Waals surface area (Å²) >= 11 is 0. The fourth-order valence-corrected chi connectivity index (χ4v) is 4.22. The van der Waals surface area contributed by atoms with Gasteiger partial charge in [-0.15, -0.1) is 0 Å². The lowest BCUT2D eigenvalue weighted by atomic mass is 9.86. The lowest BCUT2D eigenvalue weighted by Crippen LogP contribution is -2.33. The second-order valence-corrected chi connectivity index (χ2v) is 6.45. The minimum Gasteiger partial charge on any atom is -0.328 e. The van der Waals surface area contributed by atoms with Crippen molar-refractivity contribution in [1.29, 1.82) is 0 Å². The molecule has 0 bridgehead atoms. The van der Waals surface area contributed by atoms with E-state index in [0.29, 0.717) is 6.04 Å². The molecule has 2 N–H and O–H groups in total. The van der Waals surface area contributed by atoms with Crippen LogP contribution in [-0.2, 0) is 0 Å². The van der Waals surface area contributed by atoms with E-state index in [1.165, 1.54) is 64.6 Å². The van der Waals surface area contributed by atoms with E-state index in [1.54, 1.807) is 0 Å². The molecule has 3 rings (SSSR count). The van der Waals surface area contributed by atoms with E-state index in [0.717, 1.165) is 17.8 Å². The second-order valence-electron chi connectivity index (χ2n) is 6.45. The van der Waals surface area contributed by atoms with Gasteiger partial charge in [-0.3, -0.25) is 0 Å². The summed E-state index contributed by atoms with van der Waals surface area (Å²) in [6.45, 7) is 4.19. The lowest BCUT2D eigenvalue weighted by Gasteiger charge is -2.29. The number of likely N-dealkylation sites (tertiary alicyclic amines) is 1. The average molecular weight is 222 g/mol. The summed E-state index contributed by atoms with van der Waals surface area (Å²) in [5.41, 5.74) is 5.97. The summed E-state index contributed by atoms with van der Waals surface area (Å²) in [6, 6.07) is 0.509. The van der Waals surface area contributed by atoms with Gasteiger partial charge in [0, 0.05) is 25.7 Å². The highest BCUT2D eigenvalue weighted by atomic mass is 15.2.